The first-order valence-electron chi connectivity index (χ1n) is 13.9. The second-order valence-corrected chi connectivity index (χ2v) is 10.0. The fourth-order valence-corrected chi connectivity index (χ4v) is 4.85. The lowest BCUT2D eigenvalue weighted by molar-refractivity contribution is -0.158. The zero-order chi connectivity index (χ0) is 31.1. The number of nitrogens with zero attached hydrogens (tertiary/aromatic N) is 4. The molecule has 230 valence electrons. The highest BCUT2D eigenvalue weighted by Gasteiger charge is 2.37. The Morgan fingerprint density at radius 2 is 1.72 bits per heavy atom. The topological polar surface area (TPSA) is 196 Å². The van der Waals surface area contributed by atoms with E-state index in [2.05, 4.69) is 10.3 Å². The molecule has 2 atom stereocenters. The number of rotatable bonds is 11. The lowest BCUT2D eigenvalue weighted by Gasteiger charge is -2.37. The van der Waals surface area contributed by atoms with E-state index in [9.17, 15) is 39.0 Å². The van der Waals surface area contributed by atoms with Crippen LogP contribution in [0.4, 0.5) is 4.79 Å². The number of piperazine rings is 1. The summed E-state index contributed by atoms with van der Waals surface area (Å²) >= 11 is 0. The van der Waals surface area contributed by atoms with Gasteiger partial charge in [-0.2, -0.15) is 0 Å². The highest BCUT2D eigenvalue weighted by molar-refractivity contribution is 5.99. The zero-order valence-electron chi connectivity index (χ0n) is 23.6. The number of nitrogens with one attached hydrogen (secondary N) is 1. The summed E-state index contributed by atoms with van der Waals surface area (Å²) in [6.07, 6.45) is -0.690. The van der Waals surface area contributed by atoms with Gasteiger partial charge in [0.1, 0.15) is 23.5 Å². The van der Waals surface area contributed by atoms with Crippen LogP contribution in [0.15, 0.2) is 30.3 Å². The van der Waals surface area contributed by atoms with E-state index in [1.807, 2.05) is 0 Å². The van der Waals surface area contributed by atoms with Crippen LogP contribution in [0, 0.1) is 0 Å². The first-order chi connectivity index (χ1) is 20.6. The lowest BCUT2D eigenvalue weighted by atomic mass is 10.0. The molecule has 0 unspecified atom stereocenters. The quantitative estimate of drug-likeness (QED) is 0.326. The molecule has 3 N–H and O–H groups in total. The zero-order valence-corrected chi connectivity index (χ0v) is 23.6. The Hall–Kier alpha value is -4.95. The summed E-state index contributed by atoms with van der Waals surface area (Å²) in [7, 11) is 0. The molecule has 2 fully saturated rings. The predicted molar refractivity (Wildman–Crippen MR) is 148 cm³/mol. The number of aromatic nitrogens is 1. The maximum Gasteiger partial charge on any atom is 0.409 e. The molecule has 4 rings (SSSR count). The molecule has 2 aliphatic rings. The standard InChI is InChI=1S/C28H33N5O10/c1-2-42-28(41)32-13-11-31(12-14-32)26(38)19(7-8-24(35)36)30-25(37)20-15-22(17-5-3-4-6-18(17)29-20)43-16-23(34)33-10-9-21(33)27(39)40/h3-6,15,19,21H,2,7-14,16H2,1H3,(H,30,37)(H,35,36)(H,39,40)/t19-,21-/m0/s1. The van der Waals surface area contributed by atoms with Gasteiger partial charge in [-0.1, -0.05) is 12.1 Å². The Morgan fingerprint density at radius 3 is 2.35 bits per heavy atom. The molecule has 0 radical (unpaired) electrons. The SMILES string of the molecule is CCOC(=O)N1CCN(C(=O)[C@H](CCC(=O)O)NC(=O)c2cc(OCC(=O)N3CC[C@H]3C(=O)O)c3ccccc3n2)CC1. The normalized spacial score (nSPS) is 17.0. The Bertz CT molecular complexity index is 1410. The van der Waals surface area contributed by atoms with E-state index < -0.39 is 54.4 Å². The molecule has 1 aromatic heterocycles. The molecule has 4 amide bonds. The van der Waals surface area contributed by atoms with Gasteiger partial charge >= 0.3 is 18.0 Å². The molecule has 3 heterocycles. The van der Waals surface area contributed by atoms with Gasteiger partial charge < -0.3 is 39.7 Å². The molecule has 0 saturated carbocycles. The molecule has 0 bridgehead atoms. The van der Waals surface area contributed by atoms with Gasteiger partial charge in [-0.05, 0) is 31.9 Å². The van der Waals surface area contributed by atoms with Crippen molar-refractivity contribution in [2.45, 2.75) is 38.3 Å². The number of ether oxygens (including phenoxy) is 2. The number of para-hydroxylation sites is 1. The van der Waals surface area contributed by atoms with Crippen LogP contribution in [0.2, 0.25) is 0 Å². The van der Waals surface area contributed by atoms with Gasteiger partial charge in [0.25, 0.3) is 11.8 Å². The summed E-state index contributed by atoms with van der Waals surface area (Å²) in [5, 5.41) is 21.6. The molecule has 2 aromatic rings. The Balaban J connectivity index is 1.48. The van der Waals surface area contributed by atoms with Crippen molar-refractivity contribution in [1.29, 1.82) is 0 Å². The third-order valence-corrected chi connectivity index (χ3v) is 7.25. The largest absolute Gasteiger partial charge is 0.483 e. The van der Waals surface area contributed by atoms with E-state index in [0.29, 0.717) is 23.9 Å². The van der Waals surface area contributed by atoms with Crippen molar-refractivity contribution in [3.63, 3.8) is 0 Å². The molecule has 1 aromatic carbocycles. The summed E-state index contributed by atoms with van der Waals surface area (Å²) in [6, 6.07) is 5.95. The minimum Gasteiger partial charge on any atom is -0.483 e. The van der Waals surface area contributed by atoms with Gasteiger partial charge in [0.2, 0.25) is 5.91 Å². The fraction of sp³-hybridized carbons (Fsp3) is 0.464. The number of hydrogen-bond acceptors (Lipinski definition) is 9. The third-order valence-electron chi connectivity index (χ3n) is 7.25. The molecule has 15 nitrogen and oxygen atoms in total. The summed E-state index contributed by atoms with van der Waals surface area (Å²) in [5.74, 6) is -3.86. The van der Waals surface area contributed by atoms with Crippen LogP contribution in [0.3, 0.4) is 0 Å². The molecule has 2 saturated heterocycles. The average molecular weight is 600 g/mol. The number of hydrogen-bond donors (Lipinski definition) is 3. The molecule has 43 heavy (non-hydrogen) atoms. The van der Waals surface area contributed by atoms with Gasteiger partial charge in [0, 0.05) is 50.6 Å². The van der Waals surface area contributed by atoms with Crippen LogP contribution in [0.25, 0.3) is 10.9 Å². The lowest BCUT2D eigenvalue weighted by Crippen LogP contribution is -2.56. The Labute approximate surface area is 246 Å². The van der Waals surface area contributed by atoms with Crippen molar-refractivity contribution < 1.29 is 48.5 Å². The number of carbonyl (C=O) groups is 6. The number of likely N-dealkylation sites (tertiary alicyclic amines) is 1. The number of fused-ring (bicyclic) bond motifs is 1. The molecule has 2 aliphatic heterocycles. The highest BCUT2D eigenvalue weighted by Crippen LogP contribution is 2.26. The fourth-order valence-electron chi connectivity index (χ4n) is 4.85. The van der Waals surface area contributed by atoms with Crippen LogP contribution in [0.5, 0.6) is 5.75 Å². The van der Waals surface area contributed by atoms with Gasteiger partial charge in [-0.25, -0.2) is 14.6 Å². The van der Waals surface area contributed by atoms with E-state index >= 15 is 0 Å². The Morgan fingerprint density at radius 1 is 1.02 bits per heavy atom. The highest BCUT2D eigenvalue weighted by atomic mass is 16.6. The maximum absolute atomic E-state index is 13.4. The third kappa shape index (κ3) is 7.47. The van der Waals surface area contributed by atoms with Crippen LogP contribution in [-0.2, 0) is 23.9 Å². The van der Waals surface area contributed by atoms with Gasteiger partial charge in [-0.3, -0.25) is 19.2 Å². The summed E-state index contributed by atoms with van der Waals surface area (Å²) in [5.41, 5.74) is 0.238. The number of carboxylic acids is 2. The number of benzene rings is 1. The van der Waals surface area contributed by atoms with Crippen LogP contribution in [0.1, 0.15) is 36.7 Å². The van der Waals surface area contributed by atoms with E-state index in [1.54, 1.807) is 31.2 Å². The summed E-state index contributed by atoms with van der Waals surface area (Å²) in [4.78, 5) is 82.4. The number of amides is 4. The number of pyridine rings is 1. The van der Waals surface area contributed by atoms with Crippen molar-refractivity contribution in [3.8, 4) is 5.75 Å². The Kier molecular flexibility index (Phi) is 9.95. The second kappa shape index (κ2) is 13.8. The summed E-state index contributed by atoms with van der Waals surface area (Å²) in [6.45, 7) is 2.55. The number of aliphatic carboxylic acids is 2. The van der Waals surface area contributed by atoms with E-state index in [1.165, 1.54) is 20.8 Å². The monoisotopic (exact) mass is 599 g/mol. The van der Waals surface area contributed by atoms with E-state index in [-0.39, 0.29) is 57.1 Å². The maximum atomic E-state index is 13.4. The van der Waals surface area contributed by atoms with E-state index in [0.717, 1.165) is 0 Å². The van der Waals surface area contributed by atoms with E-state index in [4.69, 9.17) is 9.47 Å². The summed E-state index contributed by atoms with van der Waals surface area (Å²) < 4.78 is 10.7. The van der Waals surface area contributed by atoms with Crippen molar-refractivity contribution in [3.05, 3.63) is 36.0 Å². The minimum atomic E-state index is -1.18. The van der Waals surface area contributed by atoms with Crippen molar-refractivity contribution in [2.75, 3.05) is 45.9 Å². The second-order valence-electron chi connectivity index (χ2n) is 10.0. The number of carbonyl (C=O) groups excluding carboxylic acids is 4. The van der Waals surface area contributed by atoms with Gasteiger partial charge in [0.15, 0.2) is 6.61 Å². The molecule has 0 spiro atoms. The van der Waals surface area contributed by atoms with Gasteiger partial charge in [0.05, 0.1) is 12.1 Å². The smallest absolute Gasteiger partial charge is 0.409 e. The first-order valence-corrected chi connectivity index (χ1v) is 13.9. The van der Waals surface area contributed by atoms with Crippen molar-refractivity contribution in [2.24, 2.45) is 0 Å². The van der Waals surface area contributed by atoms with Gasteiger partial charge in [-0.15, -0.1) is 0 Å². The first kappa shape index (κ1) is 31.0. The predicted octanol–water partition coefficient (Wildman–Crippen LogP) is 0.563. The molecule has 15 heteroatoms. The van der Waals surface area contributed by atoms with Crippen LogP contribution in [-0.4, -0.2) is 124 Å². The molecular weight excluding hydrogens is 566 g/mol. The van der Waals surface area contributed by atoms with Crippen molar-refractivity contribution in [1.82, 2.24) is 25.0 Å². The molecular formula is C28H33N5O10. The molecule has 0 aliphatic carbocycles. The number of carboxylic acid groups (broad SMARTS) is 2. The van der Waals surface area contributed by atoms with Crippen molar-refractivity contribution >= 4 is 46.7 Å². The average Bonchev–Trinajstić information content (AvgIpc) is 2.96. The minimum absolute atomic E-state index is 0.131. The van der Waals surface area contributed by atoms with Crippen LogP contribution < -0.4 is 10.1 Å². The van der Waals surface area contributed by atoms with Crippen LogP contribution >= 0.6 is 0 Å².